The third kappa shape index (κ3) is 4.92. The van der Waals surface area contributed by atoms with Crippen LogP contribution in [0.25, 0.3) is 0 Å². The zero-order chi connectivity index (χ0) is 17.4. The number of anilines is 1. The molecule has 3 amide bonds. The maximum Gasteiger partial charge on any atom is 0.322 e. The second-order valence-corrected chi connectivity index (χ2v) is 5.60. The number of amides is 3. The van der Waals surface area contributed by atoms with Gasteiger partial charge < -0.3 is 20.3 Å². The third-order valence-electron chi connectivity index (χ3n) is 3.90. The van der Waals surface area contributed by atoms with Crippen LogP contribution in [0.3, 0.4) is 0 Å². The molecule has 132 valence electrons. The maximum atomic E-state index is 13.6. The third-order valence-corrected chi connectivity index (χ3v) is 3.90. The summed E-state index contributed by atoms with van der Waals surface area (Å²) in [7, 11) is 0. The van der Waals surface area contributed by atoms with Crippen molar-refractivity contribution in [2.75, 3.05) is 31.6 Å². The minimum absolute atomic E-state index is 0.116. The molecule has 24 heavy (non-hydrogen) atoms. The topological polar surface area (TPSA) is 70.7 Å². The maximum absolute atomic E-state index is 13.6. The number of likely N-dealkylation sites (tertiary alicyclic amines) is 1. The van der Waals surface area contributed by atoms with E-state index in [1.807, 2.05) is 6.92 Å². The monoisotopic (exact) mass is 337 g/mol. The van der Waals surface area contributed by atoms with Crippen LogP contribution in [0.2, 0.25) is 0 Å². The minimum Gasteiger partial charge on any atom is -0.382 e. The number of hydrogen-bond acceptors (Lipinski definition) is 3. The fraction of sp³-hybridized carbons (Fsp3) is 0.529. The van der Waals surface area contributed by atoms with Gasteiger partial charge in [-0.3, -0.25) is 4.79 Å². The molecule has 7 heteroatoms. The van der Waals surface area contributed by atoms with E-state index in [0.717, 1.165) is 12.8 Å². The molecule has 2 N–H and O–H groups in total. The van der Waals surface area contributed by atoms with Gasteiger partial charge in [0.1, 0.15) is 11.9 Å². The molecule has 1 fully saturated rings. The Balaban J connectivity index is 1.86. The summed E-state index contributed by atoms with van der Waals surface area (Å²) in [4.78, 5) is 26.1. The van der Waals surface area contributed by atoms with E-state index in [2.05, 4.69) is 10.6 Å². The molecule has 6 nitrogen and oxygen atoms in total. The molecule has 1 saturated heterocycles. The van der Waals surface area contributed by atoms with Crippen LogP contribution in [-0.4, -0.2) is 49.2 Å². The number of urea groups is 1. The fourth-order valence-corrected chi connectivity index (χ4v) is 2.68. The van der Waals surface area contributed by atoms with Crippen molar-refractivity contribution < 1.29 is 18.7 Å². The molecule has 1 atom stereocenters. The van der Waals surface area contributed by atoms with Gasteiger partial charge in [0.05, 0.1) is 5.69 Å². The van der Waals surface area contributed by atoms with E-state index in [1.54, 1.807) is 12.1 Å². The molecule has 0 radical (unpaired) electrons. The normalized spacial score (nSPS) is 16.9. The molecule has 1 aliphatic rings. The van der Waals surface area contributed by atoms with E-state index in [9.17, 15) is 14.0 Å². The molecule has 2 rings (SSSR count). The van der Waals surface area contributed by atoms with Crippen LogP contribution in [0.4, 0.5) is 14.9 Å². The van der Waals surface area contributed by atoms with Crippen LogP contribution < -0.4 is 10.6 Å². The highest BCUT2D eigenvalue weighted by Gasteiger charge is 2.34. The van der Waals surface area contributed by atoms with Crippen LogP contribution in [0.1, 0.15) is 26.2 Å². The lowest BCUT2D eigenvalue weighted by molar-refractivity contribution is -0.124. The number of para-hydroxylation sites is 1. The molecule has 1 heterocycles. The van der Waals surface area contributed by atoms with E-state index < -0.39 is 17.9 Å². The fourth-order valence-electron chi connectivity index (χ4n) is 2.68. The first-order chi connectivity index (χ1) is 11.6. The number of ether oxygens (including phenoxy) is 1. The van der Waals surface area contributed by atoms with Gasteiger partial charge in [-0.15, -0.1) is 0 Å². The Morgan fingerprint density at radius 2 is 2.17 bits per heavy atom. The highest BCUT2D eigenvalue weighted by Crippen LogP contribution is 2.20. The van der Waals surface area contributed by atoms with Crippen molar-refractivity contribution in [3.63, 3.8) is 0 Å². The summed E-state index contributed by atoms with van der Waals surface area (Å²) in [6, 6.07) is 5.01. The Morgan fingerprint density at radius 1 is 1.38 bits per heavy atom. The number of nitrogens with one attached hydrogen (secondary N) is 2. The number of halogens is 1. The molecule has 1 aromatic carbocycles. The standard InChI is InChI=1S/C17H24FN3O3/c1-2-24-12-6-10-19-16(22)15-9-5-11-21(15)17(23)20-14-8-4-3-7-13(14)18/h3-4,7-8,15H,2,5-6,9-12H2,1H3,(H,19,22)(H,20,23)/t15-/m0/s1. The molecule has 1 aliphatic heterocycles. The van der Waals surface area contributed by atoms with Crippen molar-refractivity contribution in [3.05, 3.63) is 30.1 Å². The van der Waals surface area contributed by atoms with E-state index >= 15 is 0 Å². The van der Waals surface area contributed by atoms with Crippen LogP contribution >= 0.6 is 0 Å². The number of hydrogen-bond donors (Lipinski definition) is 2. The van der Waals surface area contributed by atoms with Gasteiger partial charge in [0, 0.05) is 26.3 Å². The second-order valence-electron chi connectivity index (χ2n) is 5.60. The first-order valence-electron chi connectivity index (χ1n) is 8.31. The second kappa shape index (κ2) is 9.22. The van der Waals surface area contributed by atoms with E-state index in [1.165, 1.54) is 17.0 Å². The van der Waals surface area contributed by atoms with Gasteiger partial charge in [0.25, 0.3) is 0 Å². The summed E-state index contributed by atoms with van der Waals surface area (Å²) in [5.41, 5.74) is 0.116. The van der Waals surface area contributed by atoms with Gasteiger partial charge in [-0.2, -0.15) is 0 Å². The lowest BCUT2D eigenvalue weighted by atomic mass is 10.2. The van der Waals surface area contributed by atoms with Crippen LogP contribution in [0, 0.1) is 5.82 Å². The SMILES string of the molecule is CCOCCCNC(=O)[C@@H]1CCCN1C(=O)Nc1ccccc1F. The summed E-state index contributed by atoms with van der Waals surface area (Å²) in [5.74, 6) is -0.672. The number of carbonyl (C=O) groups excluding carboxylic acids is 2. The predicted molar refractivity (Wildman–Crippen MR) is 89.3 cm³/mol. The van der Waals surface area contributed by atoms with Crippen molar-refractivity contribution in [1.82, 2.24) is 10.2 Å². The largest absolute Gasteiger partial charge is 0.382 e. The summed E-state index contributed by atoms with van der Waals surface area (Å²) >= 11 is 0. The lowest BCUT2D eigenvalue weighted by Gasteiger charge is -2.24. The van der Waals surface area contributed by atoms with Crippen LogP contribution in [0.5, 0.6) is 0 Å². The van der Waals surface area contributed by atoms with E-state index in [4.69, 9.17) is 4.74 Å². The van der Waals surface area contributed by atoms with Crippen LogP contribution in [0.15, 0.2) is 24.3 Å². The number of benzene rings is 1. The van der Waals surface area contributed by atoms with Crippen molar-refractivity contribution in [2.24, 2.45) is 0 Å². The van der Waals surface area contributed by atoms with Crippen molar-refractivity contribution >= 4 is 17.6 Å². The predicted octanol–water partition coefficient (Wildman–Crippen LogP) is 2.36. The lowest BCUT2D eigenvalue weighted by Crippen LogP contribution is -2.47. The summed E-state index contributed by atoms with van der Waals surface area (Å²) in [5, 5.41) is 5.36. The molecule has 0 unspecified atom stereocenters. The first kappa shape index (κ1) is 18.2. The van der Waals surface area contributed by atoms with Crippen molar-refractivity contribution in [2.45, 2.75) is 32.2 Å². The Morgan fingerprint density at radius 3 is 2.92 bits per heavy atom. The zero-order valence-corrected chi connectivity index (χ0v) is 13.9. The number of carbonyl (C=O) groups is 2. The Labute approximate surface area is 141 Å². The average molecular weight is 337 g/mol. The molecular weight excluding hydrogens is 313 g/mol. The Kier molecular flexibility index (Phi) is 6.99. The first-order valence-corrected chi connectivity index (χ1v) is 8.31. The van der Waals surface area contributed by atoms with Gasteiger partial charge in [-0.25, -0.2) is 9.18 Å². The molecule has 0 bridgehead atoms. The van der Waals surface area contributed by atoms with Crippen molar-refractivity contribution in [3.8, 4) is 0 Å². The zero-order valence-electron chi connectivity index (χ0n) is 13.9. The average Bonchev–Trinajstić information content (AvgIpc) is 3.06. The molecule has 0 aliphatic carbocycles. The molecule has 1 aromatic rings. The summed E-state index contributed by atoms with van der Waals surface area (Å²) in [6.07, 6.45) is 2.09. The van der Waals surface area contributed by atoms with E-state index in [-0.39, 0.29) is 11.6 Å². The minimum atomic E-state index is -0.510. The Bertz CT molecular complexity index is 568. The molecular formula is C17H24FN3O3. The Hall–Kier alpha value is -2.15. The highest BCUT2D eigenvalue weighted by molar-refractivity contribution is 5.94. The molecule has 0 spiro atoms. The number of rotatable bonds is 7. The summed E-state index contributed by atoms with van der Waals surface area (Å²) < 4.78 is 18.9. The van der Waals surface area contributed by atoms with Crippen LogP contribution in [-0.2, 0) is 9.53 Å². The van der Waals surface area contributed by atoms with Gasteiger partial charge in [-0.05, 0) is 38.3 Å². The van der Waals surface area contributed by atoms with Gasteiger partial charge >= 0.3 is 6.03 Å². The highest BCUT2D eigenvalue weighted by atomic mass is 19.1. The van der Waals surface area contributed by atoms with E-state index in [0.29, 0.717) is 32.7 Å². The number of nitrogens with zero attached hydrogens (tertiary/aromatic N) is 1. The van der Waals surface area contributed by atoms with Crippen molar-refractivity contribution in [1.29, 1.82) is 0 Å². The molecule has 0 saturated carbocycles. The molecule has 0 aromatic heterocycles. The van der Waals surface area contributed by atoms with Gasteiger partial charge in [-0.1, -0.05) is 12.1 Å². The smallest absolute Gasteiger partial charge is 0.322 e. The van der Waals surface area contributed by atoms with Gasteiger partial charge in [0.2, 0.25) is 5.91 Å². The van der Waals surface area contributed by atoms with Gasteiger partial charge in [0.15, 0.2) is 0 Å². The quantitative estimate of drug-likeness (QED) is 0.751. The summed E-state index contributed by atoms with van der Waals surface area (Å²) in [6.45, 7) is 4.16.